The van der Waals surface area contributed by atoms with Gasteiger partial charge >= 0.3 is 0 Å². The zero-order chi connectivity index (χ0) is 8.39. The second-order valence-electron chi connectivity index (χ2n) is 2.99. The van der Waals surface area contributed by atoms with E-state index < -0.39 is 0 Å². The quantitative estimate of drug-likeness (QED) is 0.784. The first-order valence-electron chi connectivity index (χ1n) is 4.23. The Morgan fingerprint density at radius 3 is 3.25 bits per heavy atom. The van der Waals surface area contributed by atoms with E-state index in [4.69, 9.17) is 0 Å². The van der Waals surface area contributed by atoms with E-state index in [-0.39, 0.29) is 0 Å². The second kappa shape index (κ2) is 3.81. The SMILES string of the molecule is CNCc1cc2c(s1)CCSC2. The third-order valence-corrected chi connectivity index (χ3v) is 4.27. The topological polar surface area (TPSA) is 12.0 Å². The summed E-state index contributed by atoms with van der Waals surface area (Å²) in [6, 6.07) is 2.36. The molecule has 0 amide bonds. The van der Waals surface area contributed by atoms with Crippen molar-refractivity contribution in [1.82, 2.24) is 5.32 Å². The van der Waals surface area contributed by atoms with Crippen LogP contribution in [0.4, 0.5) is 0 Å². The Morgan fingerprint density at radius 1 is 1.58 bits per heavy atom. The van der Waals surface area contributed by atoms with Crippen molar-refractivity contribution in [1.29, 1.82) is 0 Å². The lowest BCUT2D eigenvalue weighted by Crippen LogP contribution is -2.02. The van der Waals surface area contributed by atoms with Crippen LogP contribution in [-0.2, 0) is 18.7 Å². The highest BCUT2D eigenvalue weighted by Gasteiger charge is 2.12. The largest absolute Gasteiger partial charge is 0.315 e. The summed E-state index contributed by atoms with van der Waals surface area (Å²) in [5.41, 5.74) is 1.58. The summed E-state index contributed by atoms with van der Waals surface area (Å²) in [7, 11) is 2.01. The molecule has 0 saturated heterocycles. The Morgan fingerprint density at radius 2 is 2.50 bits per heavy atom. The molecule has 1 aromatic heterocycles. The van der Waals surface area contributed by atoms with E-state index in [1.54, 1.807) is 10.4 Å². The fourth-order valence-electron chi connectivity index (χ4n) is 1.47. The van der Waals surface area contributed by atoms with Gasteiger partial charge in [-0.25, -0.2) is 0 Å². The molecule has 1 aliphatic heterocycles. The Hall–Kier alpha value is 0.01000. The van der Waals surface area contributed by atoms with Gasteiger partial charge in [-0.1, -0.05) is 0 Å². The highest BCUT2D eigenvalue weighted by atomic mass is 32.2. The highest BCUT2D eigenvalue weighted by Crippen LogP contribution is 2.31. The number of thiophene rings is 1. The van der Waals surface area contributed by atoms with Crippen LogP contribution in [0.1, 0.15) is 15.3 Å². The van der Waals surface area contributed by atoms with Crippen molar-refractivity contribution < 1.29 is 0 Å². The molecule has 0 radical (unpaired) electrons. The number of aryl methyl sites for hydroxylation is 1. The lowest BCUT2D eigenvalue weighted by molar-refractivity contribution is 0.831. The zero-order valence-electron chi connectivity index (χ0n) is 7.22. The predicted molar refractivity (Wildman–Crippen MR) is 56.9 cm³/mol. The summed E-state index contributed by atoms with van der Waals surface area (Å²) >= 11 is 4.04. The van der Waals surface area contributed by atoms with Gasteiger partial charge in [0.1, 0.15) is 0 Å². The van der Waals surface area contributed by atoms with Gasteiger partial charge in [-0.05, 0) is 30.9 Å². The molecule has 0 saturated carbocycles. The molecule has 0 bridgehead atoms. The molecule has 0 unspecified atom stereocenters. The van der Waals surface area contributed by atoms with Crippen molar-refractivity contribution >= 4 is 23.1 Å². The first-order valence-corrected chi connectivity index (χ1v) is 6.20. The van der Waals surface area contributed by atoms with Crippen LogP contribution in [0.15, 0.2) is 6.07 Å². The average Bonchev–Trinajstić information content (AvgIpc) is 2.47. The number of nitrogens with one attached hydrogen (secondary N) is 1. The minimum absolute atomic E-state index is 1.03. The van der Waals surface area contributed by atoms with Gasteiger partial charge in [0, 0.05) is 22.1 Å². The smallest absolute Gasteiger partial charge is 0.0296 e. The number of fused-ring (bicyclic) bond motifs is 1. The predicted octanol–water partition coefficient (Wildman–Crippen LogP) is 2.26. The molecule has 0 aromatic carbocycles. The monoisotopic (exact) mass is 199 g/mol. The van der Waals surface area contributed by atoms with Crippen LogP contribution in [0.3, 0.4) is 0 Å². The van der Waals surface area contributed by atoms with E-state index in [0.29, 0.717) is 0 Å². The summed E-state index contributed by atoms with van der Waals surface area (Å²) in [5, 5.41) is 3.20. The van der Waals surface area contributed by atoms with Gasteiger partial charge in [-0.3, -0.25) is 0 Å². The molecule has 0 aliphatic carbocycles. The Labute approximate surface area is 81.6 Å². The summed E-state index contributed by atoms with van der Waals surface area (Å²) in [6.45, 7) is 1.03. The van der Waals surface area contributed by atoms with Crippen LogP contribution in [0.2, 0.25) is 0 Å². The minimum Gasteiger partial charge on any atom is -0.315 e. The van der Waals surface area contributed by atoms with Crippen molar-refractivity contribution in [3.63, 3.8) is 0 Å². The number of hydrogen-bond acceptors (Lipinski definition) is 3. The second-order valence-corrected chi connectivity index (χ2v) is 5.32. The fraction of sp³-hybridized carbons (Fsp3) is 0.556. The first kappa shape index (κ1) is 8.60. The standard InChI is InChI=1S/C9H13NS2/c1-10-5-8-4-7-6-11-3-2-9(7)12-8/h4,10H,2-3,5-6H2,1H3. The lowest BCUT2D eigenvalue weighted by atomic mass is 10.2. The maximum Gasteiger partial charge on any atom is 0.0296 e. The molecule has 1 N–H and O–H groups in total. The molecular weight excluding hydrogens is 186 g/mol. The molecule has 1 nitrogen and oxygen atoms in total. The molecule has 2 rings (SSSR count). The van der Waals surface area contributed by atoms with Gasteiger partial charge in [0.15, 0.2) is 0 Å². The number of thioether (sulfide) groups is 1. The van der Waals surface area contributed by atoms with Gasteiger partial charge in [0.25, 0.3) is 0 Å². The Balaban J connectivity index is 2.20. The van der Waals surface area contributed by atoms with Crippen molar-refractivity contribution in [3.05, 3.63) is 21.4 Å². The average molecular weight is 199 g/mol. The van der Waals surface area contributed by atoms with Gasteiger partial charge in [-0.2, -0.15) is 11.8 Å². The molecular formula is C9H13NS2. The molecule has 1 aromatic rings. The van der Waals surface area contributed by atoms with Crippen molar-refractivity contribution in [2.75, 3.05) is 12.8 Å². The van der Waals surface area contributed by atoms with Gasteiger partial charge < -0.3 is 5.32 Å². The third kappa shape index (κ3) is 1.68. The van der Waals surface area contributed by atoms with E-state index in [1.807, 2.05) is 18.4 Å². The molecule has 3 heteroatoms. The van der Waals surface area contributed by atoms with Crippen LogP contribution in [0.5, 0.6) is 0 Å². The maximum atomic E-state index is 3.20. The van der Waals surface area contributed by atoms with E-state index in [0.717, 1.165) is 6.54 Å². The molecule has 2 heterocycles. The lowest BCUT2D eigenvalue weighted by Gasteiger charge is -2.08. The third-order valence-electron chi connectivity index (χ3n) is 2.03. The zero-order valence-corrected chi connectivity index (χ0v) is 8.86. The summed E-state index contributed by atoms with van der Waals surface area (Å²) < 4.78 is 0. The molecule has 1 aliphatic rings. The van der Waals surface area contributed by atoms with Crippen LogP contribution in [-0.4, -0.2) is 12.8 Å². The summed E-state index contributed by atoms with van der Waals surface area (Å²) in [4.78, 5) is 3.11. The maximum absolute atomic E-state index is 3.20. The van der Waals surface area contributed by atoms with Gasteiger partial charge in [0.2, 0.25) is 0 Å². The highest BCUT2D eigenvalue weighted by molar-refractivity contribution is 7.98. The molecule has 12 heavy (non-hydrogen) atoms. The Kier molecular flexibility index (Phi) is 2.73. The summed E-state index contributed by atoms with van der Waals surface area (Å²) in [5.74, 6) is 2.54. The number of hydrogen-bond donors (Lipinski definition) is 1. The molecule has 0 spiro atoms. The van der Waals surface area contributed by atoms with Gasteiger partial charge in [-0.15, -0.1) is 11.3 Å². The van der Waals surface area contributed by atoms with Crippen LogP contribution in [0, 0.1) is 0 Å². The van der Waals surface area contributed by atoms with E-state index in [2.05, 4.69) is 23.1 Å². The molecule has 0 fully saturated rings. The van der Waals surface area contributed by atoms with Crippen LogP contribution in [0.25, 0.3) is 0 Å². The molecule has 0 atom stereocenters. The normalized spacial score (nSPS) is 16.1. The van der Waals surface area contributed by atoms with Crippen LogP contribution < -0.4 is 5.32 Å². The van der Waals surface area contributed by atoms with E-state index in [9.17, 15) is 0 Å². The Bertz CT molecular complexity index is 244. The van der Waals surface area contributed by atoms with E-state index in [1.165, 1.54) is 22.8 Å². The van der Waals surface area contributed by atoms with Crippen molar-refractivity contribution in [3.8, 4) is 0 Å². The van der Waals surface area contributed by atoms with E-state index >= 15 is 0 Å². The van der Waals surface area contributed by atoms with Crippen molar-refractivity contribution in [2.45, 2.75) is 18.7 Å². The molecule has 66 valence electrons. The van der Waals surface area contributed by atoms with Gasteiger partial charge in [0.05, 0.1) is 0 Å². The summed E-state index contributed by atoms with van der Waals surface area (Å²) in [6.07, 6.45) is 1.29. The fourth-order valence-corrected chi connectivity index (χ4v) is 3.86. The van der Waals surface area contributed by atoms with Crippen molar-refractivity contribution in [2.24, 2.45) is 0 Å². The number of rotatable bonds is 2. The van der Waals surface area contributed by atoms with Crippen LogP contribution >= 0.6 is 23.1 Å². The first-order chi connectivity index (χ1) is 5.90. The minimum atomic E-state index is 1.03.